The number of carbonyl (C=O) groups is 1. The number of methoxy groups -OCH3 is 1. The monoisotopic (exact) mass is 703 g/mol. The molecule has 0 bridgehead atoms. The van der Waals surface area contributed by atoms with Gasteiger partial charge in [0.25, 0.3) is 15.9 Å². The zero-order chi connectivity index (χ0) is 31.1. The number of hydrazone groups is 1. The van der Waals surface area contributed by atoms with Crippen LogP contribution >= 0.6 is 39.1 Å². The van der Waals surface area contributed by atoms with E-state index >= 15 is 0 Å². The Balaban J connectivity index is 1.48. The fraction of sp³-hybridized carbons (Fsp3) is 0.161. The summed E-state index contributed by atoms with van der Waals surface area (Å²) in [5.74, 6) is 0.266. The maximum absolute atomic E-state index is 13.5. The lowest BCUT2D eigenvalue weighted by molar-refractivity contribution is -0.119. The molecule has 0 saturated heterocycles. The number of ether oxygens (including phenoxy) is 2. The van der Waals surface area contributed by atoms with Crippen molar-refractivity contribution in [3.05, 3.63) is 116 Å². The molecule has 4 rings (SSSR count). The molecule has 224 valence electrons. The minimum Gasteiger partial charge on any atom is -0.493 e. The average molecular weight is 705 g/mol. The van der Waals surface area contributed by atoms with E-state index in [0.29, 0.717) is 37.3 Å². The summed E-state index contributed by atoms with van der Waals surface area (Å²) in [6, 6.07) is 22.0. The van der Waals surface area contributed by atoms with E-state index in [1.807, 2.05) is 19.9 Å². The third kappa shape index (κ3) is 8.29. The zero-order valence-electron chi connectivity index (χ0n) is 23.5. The van der Waals surface area contributed by atoms with Crippen molar-refractivity contribution >= 4 is 67.0 Å². The van der Waals surface area contributed by atoms with E-state index in [0.717, 1.165) is 21.0 Å². The fourth-order valence-electron chi connectivity index (χ4n) is 3.95. The molecule has 12 heteroatoms. The van der Waals surface area contributed by atoms with Crippen LogP contribution in [0.2, 0.25) is 10.0 Å². The molecule has 0 atom stereocenters. The molecule has 1 amide bonds. The summed E-state index contributed by atoms with van der Waals surface area (Å²) in [7, 11) is -2.53. The van der Waals surface area contributed by atoms with Gasteiger partial charge in [0.05, 0.1) is 38.4 Å². The molecule has 0 aliphatic carbocycles. The zero-order valence-corrected chi connectivity index (χ0v) is 27.4. The number of hydrogen-bond donors (Lipinski definition) is 1. The van der Waals surface area contributed by atoms with Gasteiger partial charge in [-0.15, -0.1) is 0 Å². The number of sulfonamides is 1. The van der Waals surface area contributed by atoms with Gasteiger partial charge in [-0.05, 0) is 89.4 Å². The van der Waals surface area contributed by atoms with E-state index in [1.54, 1.807) is 60.7 Å². The molecule has 1 N–H and O–H groups in total. The third-order valence-corrected chi connectivity index (χ3v) is 9.36. The van der Waals surface area contributed by atoms with Crippen LogP contribution in [0.4, 0.5) is 5.69 Å². The molecule has 0 fully saturated rings. The van der Waals surface area contributed by atoms with Gasteiger partial charge in [0, 0.05) is 0 Å². The molecule has 0 heterocycles. The topological polar surface area (TPSA) is 97.3 Å². The van der Waals surface area contributed by atoms with Crippen LogP contribution < -0.4 is 19.2 Å². The van der Waals surface area contributed by atoms with E-state index in [1.165, 1.54) is 25.5 Å². The van der Waals surface area contributed by atoms with Gasteiger partial charge in [0.1, 0.15) is 13.2 Å². The standard InChI is InChI=1S/C31H28BrCl2N3O5S/c1-20-4-9-24(10-5-20)37(43(39,40)25-11-6-21(2)7-12-25)18-30(38)36-35-17-23-14-26(32)31(29(16-23)41-3)42-19-22-8-13-27(33)28(34)15-22/h4-17H,18-19H2,1-3H3,(H,36,38)/b35-17-. The quantitative estimate of drug-likeness (QED) is 0.131. The Morgan fingerprint density at radius 2 is 1.60 bits per heavy atom. The number of anilines is 1. The molecule has 0 saturated carbocycles. The van der Waals surface area contributed by atoms with E-state index in [4.69, 9.17) is 32.7 Å². The molecule has 8 nitrogen and oxygen atoms in total. The van der Waals surface area contributed by atoms with Gasteiger partial charge in [-0.3, -0.25) is 9.10 Å². The highest BCUT2D eigenvalue weighted by Crippen LogP contribution is 2.37. The van der Waals surface area contributed by atoms with E-state index < -0.39 is 22.5 Å². The predicted molar refractivity (Wildman–Crippen MR) is 174 cm³/mol. The van der Waals surface area contributed by atoms with Crippen molar-refractivity contribution < 1.29 is 22.7 Å². The maximum Gasteiger partial charge on any atom is 0.264 e. The van der Waals surface area contributed by atoms with E-state index in [-0.39, 0.29) is 11.5 Å². The smallest absolute Gasteiger partial charge is 0.264 e. The number of aryl methyl sites for hydroxylation is 2. The summed E-state index contributed by atoms with van der Waals surface area (Å²) in [6.07, 6.45) is 1.42. The first-order chi connectivity index (χ1) is 20.5. The van der Waals surface area contributed by atoms with Crippen molar-refractivity contribution in [3.8, 4) is 11.5 Å². The number of amides is 1. The molecule has 0 unspecified atom stereocenters. The number of nitrogens with one attached hydrogen (secondary N) is 1. The largest absolute Gasteiger partial charge is 0.493 e. The molecule has 0 aliphatic rings. The number of carbonyl (C=O) groups excluding carboxylic acids is 1. The number of halogens is 3. The Morgan fingerprint density at radius 1 is 0.953 bits per heavy atom. The summed E-state index contributed by atoms with van der Waals surface area (Å²) >= 11 is 15.6. The lowest BCUT2D eigenvalue weighted by atomic mass is 10.2. The summed E-state index contributed by atoms with van der Waals surface area (Å²) in [5, 5.41) is 4.92. The minimum atomic E-state index is -4.04. The van der Waals surface area contributed by atoms with Gasteiger partial charge in [-0.2, -0.15) is 5.10 Å². The summed E-state index contributed by atoms with van der Waals surface area (Å²) in [4.78, 5) is 13.0. The van der Waals surface area contributed by atoms with Gasteiger partial charge in [-0.1, -0.05) is 64.7 Å². The Morgan fingerprint density at radius 3 is 2.23 bits per heavy atom. The SMILES string of the molecule is COc1cc(/C=N\NC(=O)CN(c2ccc(C)cc2)S(=O)(=O)c2ccc(C)cc2)cc(Br)c1OCc1ccc(Cl)c(Cl)c1. The first-order valence-electron chi connectivity index (χ1n) is 12.9. The van der Waals surface area contributed by atoms with Crippen molar-refractivity contribution in [3.63, 3.8) is 0 Å². The molecule has 43 heavy (non-hydrogen) atoms. The van der Waals surface area contributed by atoms with Crippen LogP contribution in [0.3, 0.4) is 0 Å². The number of benzene rings is 4. The van der Waals surface area contributed by atoms with Gasteiger partial charge in [0.15, 0.2) is 11.5 Å². The Hall–Kier alpha value is -3.57. The van der Waals surface area contributed by atoms with Crippen LogP contribution in [0.25, 0.3) is 0 Å². The van der Waals surface area contributed by atoms with Crippen molar-refractivity contribution in [2.24, 2.45) is 5.10 Å². The van der Waals surface area contributed by atoms with Crippen LogP contribution in [0.15, 0.2) is 93.3 Å². The van der Waals surface area contributed by atoms with E-state index in [9.17, 15) is 13.2 Å². The van der Waals surface area contributed by atoms with Gasteiger partial charge in [0.2, 0.25) is 0 Å². The molecule has 0 aromatic heterocycles. The molecular weight excluding hydrogens is 677 g/mol. The molecule has 0 radical (unpaired) electrons. The second kappa shape index (κ2) is 14.3. The predicted octanol–water partition coefficient (Wildman–Crippen LogP) is 7.31. The van der Waals surface area contributed by atoms with Gasteiger partial charge < -0.3 is 9.47 Å². The fourth-order valence-corrected chi connectivity index (χ4v) is 6.26. The molecular formula is C31H28BrCl2N3O5S. The van der Waals surface area contributed by atoms with Crippen LogP contribution in [0.1, 0.15) is 22.3 Å². The molecule has 0 aliphatic heterocycles. The van der Waals surface area contributed by atoms with E-state index in [2.05, 4.69) is 26.5 Å². The minimum absolute atomic E-state index is 0.0772. The summed E-state index contributed by atoms with van der Waals surface area (Å²) in [5.41, 5.74) is 6.06. The number of rotatable bonds is 11. The number of nitrogens with zero attached hydrogens (tertiary/aromatic N) is 2. The Bertz CT molecular complexity index is 1750. The van der Waals surface area contributed by atoms with Crippen LogP contribution in [0, 0.1) is 13.8 Å². The highest BCUT2D eigenvalue weighted by Gasteiger charge is 2.27. The van der Waals surface area contributed by atoms with Crippen LogP contribution in [-0.4, -0.2) is 34.2 Å². The highest BCUT2D eigenvalue weighted by molar-refractivity contribution is 9.10. The lowest BCUT2D eigenvalue weighted by Gasteiger charge is -2.24. The maximum atomic E-state index is 13.5. The molecule has 4 aromatic rings. The van der Waals surface area contributed by atoms with Crippen molar-refractivity contribution in [1.29, 1.82) is 0 Å². The normalized spacial score (nSPS) is 11.4. The van der Waals surface area contributed by atoms with Crippen molar-refractivity contribution in [1.82, 2.24) is 5.43 Å². The van der Waals surface area contributed by atoms with Gasteiger partial charge >= 0.3 is 0 Å². The third-order valence-electron chi connectivity index (χ3n) is 6.24. The molecule has 0 spiro atoms. The molecule has 4 aromatic carbocycles. The summed E-state index contributed by atoms with van der Waals surface area (Å²) < 4.78 is 40.2. The van der Waals surface area contributed by atoms with Crippen molar-refractivity contribution in [2.75, 3.05) is 18.0 Å². The second-order valence-corrected chi connectivity index (χ2v) is 13.1. The van der Waals surface area contributed by atoms with Crippen LogP contribution in [0.5, 0.6) is 11.5 Å². The van der Waals surface area contributed by atoms with Crippen LogP contribution in [-0.2, 0) is 21.4 Å². The highest BCUT2D eigenvalue weighted by atomic mass is 79.9. The Labute approximate surface area is 269 Å². The lowest BCUT2D eigenvalue weighted by Crippen LogP contribution is -2.39. The summed E-state index contributed by atoms with van der Waals surface area (Å²) in [6.45, 7) is 3.50. The van der Waals surface area contributed by atoms with Gasteiger partial charge in [-0.25, -0.2) is 13.8 Å². The average Bonchev–Trinajstić information content (AvgIpc) is 2.97. The van der Waals surface area contributed by atoms with Crippen molar-refractivity contribution in [2.45, 2.75) is 25.3 Å². The number of hydrogen-bond acceptors (Lipinski definition) is 6. The first-order valence-corrected chi connectivity index (χ1v) is 15.9. The first kappa shape index (κ1) is 32.3. The second-order valence-electron chi connectivity index (χ2n) is 9.52. The Kier molecular flexibility index (Phi) is 10.7.